The molecule has 1 nitrogen and oxygen atoms in total. The second kappa shape index (κ2) is 7.50. The van der Waals surface area contributed by atoms with E-state index in [-0.39, 0.29) is 0 Å². The number of alkyl halides is 1. The quantitative estimate of drug-likeness (QED) is 0.731. The Bertz CT molecular complexity index is 275. The van der Waals surface area contributed by atoms with Crippen LogP contribution in [0.4, 0.5) is 0 Å². The van der Waals surface area contributed by atoms with Gasteiger partial charge >= 0.3 is 0 Å². The maximum absolute atomic E-state index is 5.85. The van der Waals surface area contributed by atoms with Crippen molar-refractivity contribution in [2.24, 2.45) is 5.92 Å². The fourth-order valence-corrected chi connectivity index (χ4v) is 2.82. The SMILES string of the molecule is CCC(CCCl)CNCc1ccc(Cl)s1. The first-order chi connectivity index (χ1) is 7.26. The van der Waals surface area contributed by atoms with E-state index in [0.29, 0.717) is 5.92 Å². The molecule has 0 saturated heterocycles. The van der Waals surface area contributed by atoms with Crippen LogP contribution < -0.4 is 5.32 Å². The Balaban J connectivity index is 2.20. The Kier molecular flexibility index (Phi) is 6.66. The van der Waals surface area contributed by atoms with E-state index >= 15 is 0 Å². The van der Waals surface area contributed by atoms with E-state index < -0.39 is 0 Å². The van der Waals surface area contributed by atoms with Crippen LogP contribution in [0, 0.1) is 5.92 Å². The van der Waals surface area contributed by atoms with Gasteiger partial charge in [-0.05, 0) is 31.0 Å². The maximum Gasteiger partial charge on any atom is 0.0931 e. The molecule has 0 amide bonds. The Hall–Kier alpha value is 0.240. The highest BCUT2D eigenvalue weighted by Crippen LogP contribution is 2.21. The first-order valence-corrected chi connectivity index (χ1v) is 7.00. The summed E-state index contributed by atoms with van der Waals surface area (Å²) in [5, 5.41) is 3.44. The van der Waals surface area contributed by atoms with Crippen molar-refractivity contribution in [3.05, 3.63) is 21.3 Å². The van der Waals surface area contributed by atoms with Gasteiger partial charge in [-0.3, -0.25) is 0 Å². The van der Waals surface area contributed by atoms with Crippen LogP contribution in [0.2, 0.25) is 4.34 Å². The number of nitrogens with one attached hydrogen (secondary N) is 1. The zero-order valence-corrected chi connectivity index (χ0v) is 11.3. The summed E-state index contributed by atoms with van der Waals surface area (Å²) in [7, 11) is 0. The molecule has 1 atom stereocenters. The van der Waals surface area contributed by atoms with Crippen LogP contribution in [-0.2, 0) is 6.54 Å². The number of rotatable bonds is 7. The summed E-state index contributed by atoms with van der Waals surface area (Å²) < 4.78 is 0.861. The summed E-state index contributed by atoms with van der Waals surface area (Å²) in [6.45, 7) is 4.16. The number of thiophene rings is 1. The van der Waals surface area contributed by atoms with E-state index in [2.05, 4.69) is 18.3 Å². The van der Waals surface area contributed by atoms with E-state index in [9.17, 15) is 0 Å². The normalized spacial score (nSPS) is 13.0. The van der Waals surface area contributed by atoms with Crippen molar-refractivity contribution in [3.8, 4) is 0 Å². The highest BCUT2D eigenvalue weighted by Gasteiger charge is 2.05. The molecule has 0 radical (unpaired) electrons. The zero-order valence-electron chi connectivity index (χ0n) is 8.93. The van der Waals surface area contributed by atoms with Crippen molar-refractivity contribution in [2.45, 2.75) is 26.3 Å². The van der Waals surface area contributed by atoms with Gasteiger partial charge in [-0.1, -0.05) is 24.9 Å². The monoisotopic (exact) mass is 265 g/mol. The molecule has 0 aliphatic rings. The minimum Gasteiger partial charge on any atom is -0.312 e. The molecule has 1 aromatic heterocycles. The lowest BCUT2D eigenvalue weighted by Crippen LogP contribution is -2.22. The van der Waals surface area contributed by atoms with Gasteiger partial charge in [0.05, 0.1) is 4.34 Å². The maximum atomic E-state index is 5.85. The predicted molar refractivity (Wildman–Crippen MR) is 70.2 cm³/mol. The minimum absolute atomic E-state index is 0.693. The van der Waals surface area contributed by atoms with E-state index in [4.69, 9.17) is 23.2 Å². The van der Waals surface area contributed by atoms with E-state index in [1.807, 2.05) is 6.07 Å². The molecule has 0 bridgehead atoms. The van der Waals surface area contributed by atoms with E-state index in [1.165, 1.54) is 11.3 Å². The van der Waals surface area contributed by atoms with Crippen LogP contribution >= 0.6 is 34.5 Å². The second-order valence-electron chi connectivity index (χ2n) is 3.59. The lowest BCUT2D eigenvalue weighted by molar-refractivity contribution is 0.452. The van der Waals surface area contributed by atoms with Gasteiger partial charge < -0.3 is 5.32 Å². The van der Waals surface area contributed by atoms with Crippen LogP contribution in [0.3, 0.4) is 0 Å². The summed E-state index contributed by atoms with van der Waals surface area (Å²) in [4.78, 5) is 1.29. The molecule has 0 aliphatic heterocycles. The molecule has 1 aromatic rings. The molecule has 4 heteroatoms. The molecule has 1 N–H and O–H groups in total. The first-order valence-electron chi connectivity index (χ1n) is 5.27. The van der Waals surface area contributed by atoms with Crippen LogP contribution in [0.5, 0.6) is 0 Å². The lowest BCUT2D eigenvalue weighted by Gasteiger charge is -2.13. The van der Waals surface area contributed by atoms with Crippen molar-refractivity contribution >= 4 is 34.5 Å². The molecule has 0 aromatic carbocycles. The molecular weight excluding hydrogens is 249 g/mol. The highest BCUT2D eigenvalue weighted by atomic mass is 35.5. The topological polar surface area (TPSA) is 12.0 Å². The van der Waals surface area contributed by atoms with Crippen LogP contribution in [-0.4, -0.2) is 12.4 Å². The van der Waals surface area contributed by atoms with Gasteiger partial charge in [0.1, 0.15) is 0 Å². The fraction of sp³-hybridized carbons (Fsp3) is 0.636. The minimum atomic E-state index is 0.693. The van der Waals surface area contributed by atoms with Crippen LogP contribution in [0.25, 0.3) is 0 Å². The summed E-state index contributed by atoms with van der Waals surface area (Å²) in [5.41, 5.74) is 0. The third-order valence-corrected chi connectivity index (χ3v) is 3.91. The van der Waals surface area contributed by atoms with Crippen molar-refractivity contribution in [1.82, 2.24) is 5.32 Å². The molecular formula is C11H17Cl2NS. The Morgan fingerprint density at radius 1 is 1.47 bits per heavy atom. The zero-order chi connectivity index (χ0) is 11.1. The number of hydrogen-bond donors (Lipinski definition) is 1. The first kappa shape index (κ1) is 13.3. The molecule has 1 heterocycles. The van der Waals surface area contributed by atoms with Crippen LogP contribution in [0.1, 0.15) is 24.6 Å². The second-order valence-corrected chi connectivity index (χ2v) is 5.77. The Morgan fingerprint density at radius 3 is 2.80 bits per heavy atom. The van der Waals surface area contributed by atoms with Gasteiger partial charge in [-0.15, -0.1) is 22.9 Å². The van der Waals surface area contributed by atoms with Gasteiger partial charge in [0.2, 0.25) is 0 Å². The summed E-state index contributed by atoms with van der Waals surface area (Å²) in [5.74, 6) is 1.45. The third-order valence-electron chi connectivity index (χ3n) is 2.46. The average Bonchev–Trinajstić information content (AvgIpc) is 2.63. The standard InChI is InChI=1S/C11H17Cl2NS/c1-2-9(5-6-12)7-14-8-10-3-4-11(13)15-10/h3-4,9,14H,2,5-8H2,1H3. The summed E-state index contributed by atoms with van der Waals surface area (Å²) >= 11 is 13.2. The molecule has 86 valence electrons. The van der Waals surface area contributed by atoms with Gasteiger partial charge in [0, 0.05) is 17.3 Å². The van der Waals surface area contributed by atoms with Crippen molar-refractivity contribution in [3.63, 3.8) is 0 Å². The molecule has 0 fully saturated rings. The molecule has 0 saturated carbocycles. The van der Waals surface area contributed by atoms with E-state index in [0.717, 1.165) is 29.7 Å². The van der Waals surface area contributed by atoms with Gasteiger partial charge in [0.25, 0.3) is 0 Å². The number of halogens is 2. The Labute approximate surface area is 106 Å². The van der Waals surface area contributed by atoms with Gasteiger partial charge in [-0.2, -0.15) is 0 Å². The largest absolute Gasteiger partial charge is 0.312 e. The fourth-order valence-electron chi connectivity index (χ4n) is 1.45. The van der Waals surface area contributed by atoms with Crippen LogP contribution in [0.15, 0.2) is 12.1 Å². The molecule has 15 heavy (non-hydrogen) atoms. The molecule has 1 unspecified atom stereocenters. The van der Waals surface area contributed by atoms with Crippen molar-refractivity contribution < 1.29 is 0 Å². The molecule has 1 rings (SSSR count). The summed E-state index contributed by atoms with van der Waals surface area (Å²) in [6.07, 6.45) is 2.28. The molecule has 0 aliphatic carbocycles. The number of hydrogen-bond acceptors (Lipinski definition) is 2. The van der Waals surface area contributed by atoms with Crippen molar-refractivity contribution in [1.29, 1.82) is 0 Å². The summed E-state index contributed by atoms with van der Waals surface area (Å²) in [6, 6.07) is 4.02. The predicted octanol–water partition coefficient (Wildman–Crippen LogP) is 4.15. The average molecular weight is 266 g/mol. The van der Waals surface area contributed by atoms with E-state index in [1.54, 1.807) is 11.3 Å². The highest BCUT2D eigenvalue weighted by molar-refractivity contribution is 7.16. The van der Waals surface area contributed by atoms with Gasteiger partial charge in [0.15, 0.2) is 0 Å². The smallest absolute Gasteiger partial charge is 0.0931 e. The Morgan fingerprint density at radius 2 is 2.27 bits per heavy atom. The molecule has 0 spiro atoms. The van der Waals surface area contributed by atoms with Crippen molar-refractivity contribution in [2.75, 3.05) is 12.4 Å². The lowest BCUT2D eigenvalue weighted by atomic mass is 10.0. The van der Waals surface area contributed by atoms with Gasteiger partial charge in [-0.25, -0.2) is 0 Å². The third kappa shape index (κ3) is 5.21.